The average Bonchev–Trinajstić information content (AvgIpc) is 2.62. The fourth-order valence-electron chi connectivity index (χ4n) is 1.72. The summed E-state index contributed by atoms with van der Waals surface area (Å²) in [7, 11) is 0. The van der Waals surface area contributed by atoms with Crippen LogP contribution in [0.1, 0.15) is 27.3 Å². The summed E-state index contributed by atoms with van der Waals surface area (Å²) in [5.74, 6) is -0.127. The van der Waals surface area contributed by atoms with Crippen molar-refractivity contribution in [1.29, 1.82) is 0 Å². The fourth-order valence-corrected chi connectivity index (χ4v) is 1.72. The molecule has 1 aromatic carbocycles. The summed E-state index contributed by atoms with van der Waals surface area (Å²) >= 11 is 0. The molecule has 2 rings (SSSR count). The van der Waals surface area contributed by atoms with Crippen molar-refractivity contribution in [2.45, 2.75) is 20.8 Å². The molecule has 1 aromatic heterocycles. The molecular weight excluding hydrogens is 214 g/mol. The molecule has 0 fully saturated rings. The van der Waals surface area contributed by atoms with E-state index in [1.165, 1.54) is 5.56 Å². The van der Waals surface area contributed by atoms with Crippen LogP contribution < -0.4 is 5.32 Å². The van der Waals surface area contributed by atoms with Crippen molar-refractivity contribution in [3.8, 4) is 0 Å². The summed E-state index contributed by atoms with van der Waals surface area (Å²) in [5, 5.41) is 9.66. The first kappa shape index (κ1) is 11.4. The van der Waals surface area contributed by atoms with Gasteiger partial charge in [0.2, 0.25) is 0 Å². The number of aromatic nitrogens is 2. The van der Waals surface area contributed by atoms with Gasteiger partial charge in [0.05, 0.1) is 11.3 Å². The van der Waals surface area contributed by atoms with Crippen LogP contribution in [-0.2, 0) is 0 Å². The van der Waals surface area contributed by atoms with Crippen LogP contribution in [0.15, 0.2) is 24.3 Å². The molecular formula is C13H15N3O. The van der Waals surface area contributed by atoms with Gasteiger partial charge in [-0.05, 0) is 32.9 Å². The largest absolute Gasteiger partial charge is 0.322 e. The minimum atomic E-state index is -0.127. The van der Waals surface area contributed by atoms with Crippen LogP contribution in [-0.4, -0.2) is 16.1 Å². The molecule has 0 radical (unpaired) electrons. The standard InChI is InChI=1S/C13H15N3O/c1-8-4-6-11(7-5-8)14-13(17)12-9(2)15-16-10(12)3/h4-7H,1-3H3,(H,14,17)(H,15,16). The van der Waals surface area contributed by atoms with Gasteiger partial charge in [-0.1, -0.05) is 17.7 Å². The van der Waals surface area contributed by atoms with E-state index in [-0.39, 0.29) is 5.91 Å². The zero-order valence-corrected chi connectivity index (χ0v) is 10.2. The summed E-state index contributed by atoms with van der Waals surface area (Å²) in [6, 6.07) is 7.70. The number of aromatic amines is 1. The van der Waals surface area contributed by atoms with E-state index in [4.69, 9.17) is 0 Å². The predicted octanol–water partition coefficient (Wildman–Crippen LogP) is 2.59. The van der Waals surface area contributed by atoms with Crippen molar-refractivity contribution in [1.82, 2.24) is 10.2 Å². The van der Waals surface area contributed by atoms with Crippen LogP contribution in [0.4, 0.5) is 5.69 Å². The van der Waals surface area contributed by atoms with Gasteiger partial charge in [0.25, 0.3) is 5.91 Å². The Balaban J connectivity index is 2.20. The van der Waals surface area contributed by atoms with E-state index in [1.54, 1.807) is 0 Å². The Morgan fingerprint density at radius 3 is 2.35 bits per heavy atom. The number of aryl methyl sites for hydroxylation is 3. The lowest BCUT2D eigenvalue weighted by atomic mass is 10.1. The molecule has 0 saturated heterocycles. The highest BCUT2D eigenvalue weighted by atomic mass is 16.1. The molecule has 2 N–H and O–H groups in total. The molecule has 0 atom stereocenters. The lowest BCUT2D eigenvalue weighted by molar-refractivity contribution is 0.102. The maximum atomic E-state index is 12.0. The number of carbonyl (C=O) groups is 1. The molecule has 2 aromatic rings. The Morgan fingerprint density at radius 1 is 1.18 bits per heavy atom. The second-order valence-electron chi connectivity index (χ2n) is 4.13. The second kappa shape index (κ2) is 4.41. The first-order valence-electron chi connectivity index (χ1n) is 5.47. The minimum Gasteiger partial charge on any atom is -0.322 e. The normalized spacial score (nSPS) is 10.3. The topological polar surface area (TPSA) is 57.8 Å². The van der Waals surface area contributed by atoms with Crippen LogP contribution >= 0.6 is 0 Å². The molecule has 0 bridgehead atoms. The minimum absolute atomic E-state index is 0.127. The van der Waals surface area contributed by atoms with Gasteiger partial charge >= 0.3 is 0 Å². The molecule has 0 spiro atoms. The summed E-state index contributed by atoms with van der Waals surface area (Å²) in [6.45, 7) is 5.66. The molecule has 1 amide bonds. The zero-order chi connectivity index (χ0) is 12.4. The number of nitrogens with zero attached hydrogens (tertiary/aromatic N) is 1. The lowest BCUT2D eigenvalue weighted by Crippen LogP contribution is -2.13. The van der Waals surface area contributed by atoms with Gasteiger partial charge in [-0.3, -0.25) is 9.89 Å². The van der Waals surface area contributed by atoms with Crippen LogP contribution in [0, 0.1) is 20.8 Å². The van der Waals surface area contributed by atoms with Crippen molar-refractivity contribution in [3.05, 3.63) is 46.8 Å². The molecule has 0 aliphatic carbocycles. The molecule has 1 heterocycles. The van der Waals surface area contributed by atoms with Crippen molar-refractivity contribution in [2.75, 3.05) is 5.32 Å². The second-order valence-corrected chi connectivity index (χ2v) is 4.13. The Hall–Kier alpha value is -2.10. The summed E-state index contributed by atoms with van der Waals surface area (Å²) < 4.78 is 0. The van der Waals surface area contributed by atoms with Gasteiger partial charge in [-0.2, -0.15) is 5.10 Å². The van der Waals surface area contributed by atoms with Gasteiger partial charge < -0.3 is 5.32 Å². The monoisotopic (exact) mass is 229 g/mol. The Morgan fingerprint density at radius 2 is 1.82 bits per heavy atom. The van der Waals surface area contributed by atoms with Crippen molar-refractivity contribution in [2.24, 2.45) is 0 Å². The van der Waals surface area contributed by atoms with E-state index in [2.05, 4.69) is 15.5 Å². The first-order chi connectivity index (χ1) is 8.08. The molecule has 0 aliphatic heterocycles. The van der Waals surface area contributed by atoms with Crippen molar-refractivity contribution >= 4 is 11.6 Å². The van der Waals surface area contributed by atoms with Gasteiger partial charge in [-0.25, -0.2) is 0 Å². The van der Waals surface area contributed by atoms with Crippen LogP contribution in [0.3, 0.4) is 0 Å². The maximum absolute atomic E-state index is 12.0. The van der Waals surface area contributed by atoms with Crippen LogP contribution in [0.2, 0.25) is 0 Å². The molecule has 0 saturated carbocycles. The number of amides is 1. The fraction of sp³-hybridized carbons (Fsp3) is 0.231. The summed E-state index contributed by atoms with van der Waals surface area (Å²) in [6.07, 6.45) is 0. The number of hydrogen-bond acceptors (Lipinski definition) is 2. The SMILES string of the molecule is Cc1ccc(NC(=O)c2c(C)n[nH]c2C)cc1. The van der Waals surface area contributed by atoms with Gasteiger partial charge in [0, 0.05) is 11.4 Å². The number of hydrogen-bond donors (Lipinski definition) is 2. The van der Waals surface area contributed by atoms with Crippen LogP contribution in [0.5, 0.6) is 0 Å². The van der Waals surface area contributed by atoms with E-state index >= 15 is 0 Å². The van der Waals surface area contributed by atoms with E-state index < -0.39 is 0 Å². The van der Waals surface area contributed by atoms with Gasteiger partial charge in [0.1, 0.15) is 0 Å². The number of benzene rings is 1. The van der Waals surface area contributed by atoms with Crippen molar-refractivity contribution < 1.29 is 4.79 Å². The molecule has 0 unspecified atom stereocenters. The maximum Gasteiger partial charge on any atom is 0.259 e. The average molecular weight is 229 g/mol. The summed E-state index contributed by atoms with van der Waals surface area (Å²) in [5.41, 5.74) is 4.07. The third-order valence-corrected chi connectivity index (χ3v) is 2.66. The van der Waals surface area contributed by atoms with E-state index in [1.807, 2.05) is 45.0 Å². The Labute approximate surface area is 100 Å². The molecule has 4 heteroatoms. The summed E-state index contributed by atoms with van der Waals surface area (Å²) in [4.78, 5) is 12.0. The quantitative estimate of drug-likeness (QED) is 0.831. The zero-order valence-electron chi connectivity index (χ0n) is 10.2. The van der Waals surface area contributed by atoms with E-state index in [9.17, 15) is 4.79 Å². The Kier molecular flexibility index (Phi) is 2.95. The lowest BCUT2D eigenvalue weighted by Gasteiger charge is -2.05. The highest BCUT2D eigenvalue weighted by Gasteiger charge is 2.14. The molecule has 88 valence electrons. The highest BCUT2D eigenvalue weighted by Crippen LogP contribution is 2.14. The molecule has 17 heavy (non-hydrogen) atoms. The first-order valence-corrected chi connectivity index (χ1v) is 5.47. The predicted molar refractivity (Wildman–Crippen MR) is 67.2 cm³/mol. The van der Waals surface area contributed by atoms with Gasteiger partial charge in [0.15, 0.2) is 0 Å². The third kappa shape index (κ3) is 2.36. The molecule has 0 aliphatic rings. The number of anilines is 1. The van der Waals surface area contributed by atoms with Gasteiger partial charge in [-0.15, -0.1) is 0 Å². The number of H-pyrrole nitrogens is 1. The van der Waals surface area contributed by atoms with Crippen LogP contribution in [0.25, 0.3) is 0 Å². The Bertz CT molecular complexity index is 521. The number of rotatable bonds is 2. The van der Waals surface area contributed by atoms with E-state index in [0.717, 1.165) is 11.4 Å². The van der Waals surface area contributed by atoms with Crippen molar-refractivity contribution in [3.63, 3.8) is 0 Å². The molecule has 4 nitrogen and oxygen atoms in total. The number of carbonyl (C=O) groups excluding carboxylic acids is 1. The highest BCUT2D eigenvalue weighted by molar-refractivity contribution is 6.05. The number of nitrogens with one attached hydrogen (secondary N) is 2. The third-order valence-electron chi connectivity index (χ3n) is 2.66. The smallest absolute Gasteiger partial charge is 0.259 e. The van der Waals surface area contributed by atoms with E-state index in [0.29, 0.717) is 11.3 Å².